The SMILES string of the molecule is CC/C=C\C/C=C\C/C=C\C/C=C\C/C=C\CCCC(=O)OC(=O)c1ccc(N)cc1O. The Balaban J connectivity index is 2.09. The number of aromatic hydroxyl groups is 1. The van der Waals surface area contributed by atoms with Crippen LogP contribution in [0.5, 0.6) is 5.75 Å². The van der Waals surface area contributed by atoms with Crippen molar-refractivity contribution in [1.82, 2.24) is 0 Å². The molecule has 1 aromatic rings. The molecule has 0 saturated carbocycles. The molecule has 0 aliphatic heterocycles. The van der Waals surface area contributed by atoms with Crippen LogP contribution < -0.4 is 5.73 Å². The average Bonchev–Trinajstić information content (AvgIpc) is 2.75. The van der Waals surface area contributed by atoms with Gasteiger partial charge in [-0.2, -0.15) is 0 Å². The fourth-order valence-corrected chi connectivity index (χ4v) is 2.66. The first kappa shape index (κ1) is 26.7. The van der Waals surface area contributed by atoms with Crippen LogP contribution in [-0.2, 0) is 9.53 Å². The van der Waals surface area contributed by atoms with E-state index in [0.29, 0.717) is 12.1 Å². The summed E-state index contributed by atoms with van der Waals surface area (Å²) in [6.45, 7) is 2.13. The molecule has 0 spiro atoms. The van der Waals surface area contributed by atoms with Gasteiger partial charge in [0.25, 0.3) is 0 Å². The van der Waals surface area contributed by atoms with Crippen molar-refractivity contribution in [2.24, 2.45) is 0 Å². The molecule has 0 bridgehead atoms. The molecule has 3 N–H and O–H groups in total. The number of carbonyl (C=O) groups is 2. The summed E-state index contributed by atoms with van der Waals surface area (Å²) in [5.74, 6) is -1.79. The van der Waals surface area contributed by atoms with Crippen molar-refractivity contribution in [3.8, 4) is 5.75 Å². The highest BCUT2D eigenvalue weighted by Gasteiger charge is 2.16. The molecule has 5 nitrogen and oxygen atoms in total. The van der Waals surface area contributed by atoms with Gasteiger partial charge >= 0.3 is 11.9 Å². The molecule has 0 aromatic heterocycles. The second-order valence-electron chi connectivity index (χ2n) is 7.14. The van der Waals surface area contributed by atoms with Gasteiger partial charge in [0, 0.05) is 18.2 Å². The molecule has 1 aromatic carbocycles. The molecule has 32 heavy (non-hydrogen) atoms. The van der Waals surface area contributed by atoms with E-state index in [1.165, 1.54) is 18.2 Å². The molecule has 0 amide bonds. The Morgan fingerprint density at radius 1 is 0.875 bits per heavy atom. The molecule has 0 aliphatic carbocycles. The molecular weight excluding hydrogens is 402 g/mol. The number of anilines is 1. The van der Waals surface area contributed by atoms with E-state index in [9.17, 15) is 14.7 Å². The zero-order valence-electron chi connectivity index (χ0n) is 18.9. The lowest BCUT2D eigenvalue weighted by Gasteiger charge is -2.05. The van der Waals surface area contributed by atoms with Crippen LogP contribution in [-0.4, -0.2) is 17.0 Å². The van der Waals surface area contributed by atoms with Gasteiger partial charge in [0.05, 0.1) is 0 Å². The van der Waals surface area contributed by atoms with E-state index in [4.69, 9.17) is 10.5 Å². The third-order valence-corrected chi connectivity index (χ3v) is 4.36. The average molecular weight is 438 g/mol. The quantitative estimate of drug-likeness (QED) is 0.113. The summed E-state index contributed by atoms with van der Waals surface area (Å²) in [6.07, 6.45) is 27.6. The highest BCUT2D eigenvalue weighted by atomic mass is 16.6. The minimum absolute atomic E-state index is 0.0784. The Labute approximate surface area is 191 Å². The molecule has 0 radical (unpaired) electrons. The number of benzene rings is 1. The van der Waals surface area contributed by atoms with Gasteiger partial charge in [0.15, 0.2) is 0 Å². The summed E-state index contributed by atoms with van der Waals surface area (Å²) >= 11 is 0. The topological polar surface area (TPSA) is 89.6 Å². The first-order valence-electron chi connectivity index (χ1n) is 11.1. The highest BCUT2D eigenvalue weighted by molar-refractivity contribution is 5.99. The lowest BCUT2D eigenvalue weighted by atomic mass is 10.2. The number of rotatable bonds is 14. The summed E-state index contributed by atoms with van der Waals surface area (Å²) in [5, 5.41) is 9.69. The van der Waals surface area contributed by atoms with Crippen molar-refractivity contribution in [3.63, 3.8) is 0 Å². The van der Waals surface area contributed by atoms with Gasteiger partial charge in [0.1, 0.15) is 11.3 Å². The van der Waals surface area contributed by atoms with E-state index in [1.54, 1.807) is 0 Å². The molecule has 1 rings (SSSR count). The Morgan fingerprint density at radius 2 is 1.41 bits per heavy atom. The van der Waals surface area contributed by atoms with Gasteiger partial charge < -0.3 is 15.6 Å². The zero-order valence-corrected chi connectivity index (χ0v) is 18.9. The number of hydrogen-bond acceptors (Lipinski definition) is 5. The summed E-state index contributed by atoms with van der Waals surface area (Å²) in [5.41, 5.74) is 5.75. The number of hydrogen-bond donors (Lipinski definition) is 2. The Hall–Kier alpha value is -3.34. The molecule has 0 aliphatic rings. The Kier molecular flexibility index (Phi) is 14.5. The van der Waals surface area contributed by atoms with Gasteiger partial charge in [-0.25, -0.2) is 4.79 Å². The highest BCUT2D eigenvalue weighted by Crippen LogP contribution is 2.21. The molecule has 172 valence electrons. The van der Waals surface area contributed by atoms with Crippen LogP contribution in [0, 0.1) is 0 Å². The van der Waals surface area contributed by atoms with Crippen molar-refractivity contribution in [3.05, 3.63) is 84.5 Å². The number of phenolic OH excluding ortho intramolecular Hbond substituents is 1. The van der Waals surface area contributed by atoms with Gasteiger partial charge in [0.2, 0.25) is 0 Å². The minimum Gasteiger partial charge on any atom is -0.507 e. The zero-order chi connectivity index (χ0) is 23.4. The monoisotopic (exact) mass is 437 g/mol. The maximum atomic E-state index is 11.9. The van der Waals surface area contributed by atoms with Gasteiger partial charge in [-0.1, -0.05) is 67.7 Å². The van der Waals surface area contributed by atoms with Gasteiger partial charge in [-0.15, -0.1) is 0 Å². The lowest BCUT2D eigenvalue weighted by Crippen LogP contribution is -2.12. The van der Waals surface area contributed by atoms with Crippen molar-refractivity contribution in [2.45, 2.75) is 58.3 Å². The van der Waals surface area contributed by atoms with Gasteiger partial charge in [-0.3, -0.25) is 4.79 Å². The predicted molar refractivity (Wildman–Crippen MR) is 131 cm³/mol. The van der Waals surface area contributed by atoms with Crippen LogP contribution in [0.25, 0.3) is 0 Å². The summed E-state index contributed by atoms with van der Waals surface area (Å²) < 4.78 is 4.76. The van der Waals surface area contributed by atoms with E-state index in [0.717, 1.165) is 38.5 Å². The first-order valence-corrected chi connectivity index (χ1v) is 11.1. The normalized spacial score (nSPS) is 12.2. The Bertz CT molecular complexity index is 847. The van der Waals surface area contributed by atoms with Crippen LogP contribution in [0.2, 0.25) is 0 Å². The molecule has 0 unspecified atom stereocenters. The first-order chi connectivity index (χ1) is 15.5. The standard InChI is InChI=1S/C27H35NO4/c1-2-3-4-5-6-7-8-9-10-11-12-13-14-15-16-17-18-19-26(30)32-27(31)24-21-20-23(28)22-25(24)29/h3-4,6-7,9-10,12-13,15-16,20-22,29H,2,5,8,11,14,17-19,28H2,1H3/b4-3-,7-6-,10-9-,13-12-,16-15-. The number of nitrogen functional groups attached to an aromatic ring is 1. The van der Waals surface area contributed by atoms with Crippen LogP contribution in [0.4, 0.5) is 5.69 Å². The Morgan fingerprint density at radius 3 is 1.94 bits per heavy atom. The second-order valence-corrected chi connectivity index (χ2v) is 7.14. The number of esters is 2. The second kappa shape index (κ2) is 17.4. The molecule has 0 fully saturated rings. The number of unbranched alkanes of at least 4 members (excludes halogenated alkanes) is 1. The smallest absolute Gasteiger partial charge is 0.349 e. The largest absolute Gasteiger partial charge is 0.507 e. The van der Waals surface area contributed by atoms with Crippen molar-refractivity contribution in [2.75, 3.05) is 5.73 Å². The number of nitrogens with two attached hydrogens (primary N) is 1. The summed E-state index contributed by atoms with van der Waals surface area (Å²) in [7, 11) is 0. The predicted octanol–water partition coefficient (Wildman–Crippen LogP) is 6.58. The van der Waals surface area contributed by atoms with Crippen molar-refractivity contribution in [1.29, 1.82) is 0 Å². The van der Waals surface area contributed by atoms with E-state index in [1.807, 2.05) is 6.08 Å². The third-order valence-electron chi connectivity index (χ3n) is 4.36. The van der Waals surface area contributed by atoms with Crippen molar-refractivity contribution >= 4 is 17.6 Å². The minimum atomic E-state index is -0.873. The van der Waals surface area contributed by atoms with E-state index < -0.39 is 11.9 Å². The van der Waals surface area contributed by atoms with Crippen LogP contribution >= 0.6 is 0 Å². The fraction of sp³-hybridized carbons (Fsp3) is 0.333. The van der Waals surface area contributed by atoms with Crippen LogP contribution in [0.3, 0.4) is 0 Å². The third kappa shape index (κ3) is 13.1. The van der Waals surface area contributed by atoms with E-state index in [2.05, 4.69) is 61.6 Å². The van der Waals surface area contributed by atoms with Gasteiger partial charge in [-0.05, 0) is 57.1 Å². The lowest BCUT2D eigenvalue weighted by molar-refractivity contribution is -0.138. The van der Waals surface area contributed by atoms with Crippen molar-refractivity contribution < 1.29 is 19.4 Å². The number of carbonyl (C=O) groups excluding carboxylic acids is 2. The van der Waals surface area contributed by atoms with Crippen LogP contribution in [0.1, 0.15) is 68.6 Å². The van der Waals surface area contributed by atoms with E-state index >= 15 is 0 Å². The number of ether oxygens (including phenoxy) is 1. The molecule has 0 heterocycles. The van der Waals surface area contributed by atoms with E-state index in [-0.39, 0.29) is 17.7 Å². The fourth-order valence-electron chi connectivity index (χ4n) is 2.66. The molecule has 5 heteroatoms. The molecular formula is C27H35NO4. The van der Waals surface area contributed by atoms with Crippen LogP contribution in [0.15, 0.2) is 79.0 Å². The maximum Gasteiger partial charge on any atom is 0.349 e. The number of allylic oxidation sites excluding steroid dienone is 10. The summed E-state index contributed by atoms with van der Waals surface area (Å²) in [6, 6.07) is 4.03. The number of phenols is 1. The summed E-state index contributed by atoms with van der Waals surface area (Å²) in [4.78, 5) is 23.7. The maximum absolute atomic E-state index is 11.9. The molecule has 0 saturated heterocycles. The molecule has 0 atom stereocenters.